The summed E-state index contributed by atoms with van der Waals surface area (Å²) in [6.07, 6.45) is 10.3. The van der Waals surface area contributed by atoms with E-state index in [0.29, 0.717) is 35.7 Å². The highest BCUT2D eigenvalue weighted by atomic mass is 35.5. The number of allylic oxidation sites excluding steroid dienone is 4. The molecule has 35 heavy (non-hydrogen) atoms. The monoisotopic (exact) mass is 497 g/mol. The molecule has 1 unspecified atom stereocenters. The van der Waals surface area contributed by atoms with Gasteiger partial charge in [0.15, 0.2) is 5.82 Å². The first-order chi connectivity index (χ1) is 17.0. The molecule has 9 nitrogen and oxygen atoms in total. The van der Waals surface area contributed by atoms with E-state index in [2.05, 4.69) is 32.9 Å². The minimum Gasteiger partial charge on any atom is -0.491 e. The fourth-order valence-electron chi connectivity index (χ4n) is 4.36. The van der Waals surface area contributed by atoms with Gasteiger partial charge in [0.25, 0.3) is 11.8 Å². The highest BCUT2D eigenvalue weighted by Gasteiger charge is 2.43. The molecule has 3 aliphatic rings. The van der Waals surface area contributed by atoms with Crippen LogP contribution in [-0.4, -0.2) is 59.5 Å². The van der Waals surface area contributed by atoms with E-state index in [4.69, 9.17) is 21.1 Å². The minimum absolute atomic E-state index is 0.0112. The van der Waals surface area contributed by atoms with Crippen LogP contribution in [0.25, 0.3) is 5.57 Å². The molecule has 2 aromatic rings. The SMILES string of the molecule is COCC1(CNC(=O)c2c(Cl)cccc2OCC2CC(=O)n3nc(C4=CCCC=C4)nc3N2)CC1. The molecule has 1 atom stereocenters. The Morgan fingerprint density at radius 1 is 1.34 bits per heavy atom. The summed E-state index contributed by atoms with van der Waals surface area (Å²) < 4.78 is 12.6. The number of rotatable bonds is 9. The van der Waals surface area contributed by atoms with Gasteiger partial charge in [0, 0.05) is 24.6 Å². The van der Waals surface area contributed by atoms with Gasteiger partial charge in [0.05, 0.1) is 29.7 Å². The van der Waals surface area contributed by atoms with Gasteiger partial charge in [-0.05, 0) is 37.8 Å². The van der Waals surface area contributed by atoms with E-state index in [1.807, 2.05) is 6.08 Å². The van der Waals surface area contributed by atoms with Crippen molar-refractivity contribution in [3.63, 3.8) is 0 Å². The molecule has 1 aliphatic heterocycles. The Balaban J connectivity index is 1.25. The number of anilines is 1. The lowest BCUT2D eigenvalue weighted by molar-refractivity contribution is 0.0856. The lowest BCUT2D eigenvalue weighted by atomic mass is 10.1. The van der Waals surface area contributed by atoms with Gasteiger partial charge in [-0.2, -0.15) is 9.67 Å². The Morgan fingerprint density at radius 2 is 2.20 bits per heavy atom. The van der Waals surface area contributed by atoms with E-state index in [-0.39, 0.29) is 41.9 Å². The standard InChI is InChI=1S/C25H28ClN5O4/c1-34-15-25(10-11-25)14-27-23(33)21-18(26)8-5-9-19(21)35-13-17-12-20(32)31-24(28-17)29-22(30-31)16-6-3-2-4-7-16/h3,5-9,17H,2,4,10-15H2,1H3,(H,27,33)(H,28,29,30). The topological polar surface area (TPSA) is 107 Å². The Morgan fingerprint density at radius 3 is 2.94 bits per heavy atom. The molecule has 2 heterocycles. The molecule has 0 saturated heterocycles. The highest BCUT2D eigenvalue weighted by Crippen LogP contribution is 2.45. The van der Waals surface area contributed by atoms with Crippen molar-refractivity contribution in [3.8, 4) is 5.75 Å². The van der Waals surface area contributed by atoms with E-state index in [0.717, 1.165) is 31.3 Å². The number of carbonyl (C=O) groups is 2. The number of hydrogen-bond donors (Lipinski definition) is 2. The second-order valence-corrected chi connectivity index (χ2v) is 9.70. The van der Waals surface area contributed by atoms with E-state index in [1.165, 1.54) is 4.68 Å². The molecule has 1 saturated carbocycles. The molecule has 2 aliphatic carbocycles. The van der Waals surface area contributed by atoms with Gasteiger partial charge in [-0.3, -0.25) is 9.59 Å². The van der Waals surface area contributed by atoms with E-state index >= 15 is 0 Å². The van der Waals surface area contributed by atoms with E-state index in [9.17, 15) is 9.59 Å². The molecular formula is C25H28ClN5O4. The lowest BCUT2D eigenvalue weighted by Crippen LogP contribution is -2.38. The number of aromatic nitrogens is 3. The first kappa shape index (κ1) is 23.6. The van der Waals surface area contributed by atoms with Gasteiger partial charge in [-0.1, -0.05) is 35.9 Å². The third-order valence-corrected chi connectivity index (χ3v) is 6.84. The molecule has 184 valence electrons. The maximum atomic E-state index is 13.0. The molecule has 2 N–H and O–H groups in total. The van der Waals surface area contributed by atoms with E-state index < -0.39 is 0 Å². The Hall–Kier alpha value is -3.17. The number of fused-ring (bicyclic) bond motifs is 1. The average molecular weight is 498 g/mol. The fourth-order valence-corrected chi connectivity index (χ4v) is 4.61. The van der Waals surface area contributed by atoms with Crippen molar-refractivity contribution in [1.82, 2.24) is 20.1 Å². The third kappa shape index (κ3) is 5.11. The normalized spacial score (nSPS) is 20.0. The average Bonchev–Trinajstić information content (AvgIpc) is 3.48. The van der Waals surface area contributed by atoms with Crippen molar-refractivity contribution >= 4 is 34.9 Å². The number of hydrogen-bond acceptors (Lipinski definition) is 7. The van der Waals surface area contributed by atoms with Crippen molar-refractivity contribution in [2.75, 3.05) is 32.2 Å². The zero-order chi connectivity index (χ0) is 24.4. The summed E-state index contributed by atoms with van der Waals surface area (Å²) in [7, 11) is 1.67. The number of ether oxygens (including phenoxy) is 2. The van der Waals surface area contributed by atoms with Crippen LogP contribution in [0.15, 0.2) is 36.4 Å². The van der Waals surface area contributed by atoms with Crippen molar-refractivity contribution in [2.45, 2.75) is 38.1 Å². The molecule has 0 spiro atoms. The van der Waals surface area contributed by atoms with Crippen LogP contribution in [0.2, 0.25) is 5.02 Å². The molecule has 1 aromatic carbocycles. The Labute approximate surface area is 208 Å². The lowest BCUT2D eigenvalue weighted by Gasteiger charge is -2.24. The Bertz CT molecular complexity index is 1200. The van der Waals surface area contributed by atoms with Crippen LogP contribution in [0.5, 0.6) is 5.75 Å². The first-order valence-corrected chi connectivity index (χ1v) is 12.2. The number of carbonyl (C=O) groups excluding carboxylic acids is 2. The van der Waals surface area contributed by atoms with Gasteiger partial charge in [0.1, 0.15) is 12.4 Å². The first-order valence-electron chi connectivity index (χ1n) is 11.8. The fraction of sp³-hybridized carbons (Fsp3) is 0.440. The molecule has 1 amide bonds. The summed E-state index contributed by atoms with van der Waals surface area (Å²) in [5.41, 5.74) is 1.21. The molecular weight excluding hydrogens is 470 g/mol. The summed E-state index contributed by atoms with van der Waals surface area (Å²) >= 11 is 6.37. The maximum Gasteiger partial charge on any atom is 0.256 e. The van der Waals surface area contributed by atoms with Crippen LogP contribution in [0.1, 0.15) is 53.1 Å². The molecule has 5 rings (SSSR count). The number of amides is 1. The van der Waals surface area contributed by atoms with Crippen LogP contribution < -0.4 is 15.4 Å². The predicted molar refractivity (Wildman–Crippen MR) is 132 cm³/mol. The van der Waals surface area contributed by atoms with Crippen LogP contribution >= 0.6 is 11.6 Å². The number of benzene rings is 1. The number of nitrogens with one attached hydrogen (secondary N) is 2. The summed E-state index contributed by atoms with van der Waals surface area (Å²) in [4.78, 5) is 30.2. The van der Waals surface area contributed by atoms with Gasteiger partial charge >= 0.3 is 0 Å². The zero-order valence-corrected chi connectivity index (χ0v) is 20.3. The number of halogens is 1. The van der Waals surface area contributed by atoms with Crippen LogP contribution in [0.3, 0.4) is 0 Å². The second kappa shape index (κ2) is 9.83. The van der Waals surface area contributed by atoms with Crippen molar-refractivity contribution < 1.29 is 19.1 Å². The van der Waals surface area contributed by atoms with E-state index in [1.54, 1.807) is 25.3 Å². The summed E-state index contributed by atoms with van der Waals surface area (Å²) in [6.45, 7) is 1.29. The van der Waals surface area contributed by atoms with Crippen LogP contribution in [0.4, 0.5) is 5.95 Å². The minimum atomic E-state index is -0.325. The number of methoxy groups -OCH3 is 1. The van der Waals surface area contributed by atoms with Crippen LogP contribution in [0, 0.1) is 5.41 Å². The highest BCUT2D eigenvalue weighted by molar-refractivity contribution is 6.34. The van der Waals surface area contributed by atoms with Gasteiger partial charge in [-0.25, -0.2) is 0 Å². The van der Waals surface area contributed by atoms with Gasteiger partial charge < -0.3 is 20.1 Å². The summed E-state index contributed by atoms with van der Waals surface area (Å²) in [6, 6.07) is 4.77. The zero-order valence-electron chi connectivity index (χ0n) is 19.6. The quantitative estimate of drug-likeness (QED) is 0.543. The van der Waals surface area contributed by atoms with Crippen LogP contribution in [-0.2, 0) is 4.74 Å². The molecule has 10 heteroatoms. The van der Waals surface area contributed by atoms with Crippen molar-refractivity contribution in [1.29, 1.82) is 0 Å². The summed E-state index contributed by atoms with van der Waals surface area (Å²) in [5, 5.41) is 10.9. The number of nitrogens with zero attached hydrogens (tertiary/aromatic N) is 3. The van der Waals surface area contributed by atoms with Crippen molar-refractivity contribution in [2.24, 2.45) is 5.41 Å². The maximum absolute atomic E-state index is 13.0. The predicted octanol–water partition coefficient (Wildman–Crippen LogP) is 3.72. The third-order valence-electron chi connectivity index (χ3n) is 6.52. The molecule has 1 aromatic heterocycles. The molecule has 1 fully saturated rings. The van der Waals surface area contributed by atoms with Gasteiger partial charge in [-0.15, -0.1) is 5.10 Å². The summed E-state index contributed by atoms with van der Waals surface area (Å²) in [5.74, 6) is 0.823. The largest absolute Gasteiger partial charge is 0.491 e. The smallest absolute Gasteiger partial charge is 0.256 e. The molecule has 0 bridgehead atoms. The van der Waals surface area contributed by atoms with Crippen molar-refractivity contribution in [3.05, 3.63) is 52.8 Å². The molecule has 0 radical (unpaired) electrons. The second-order valence-electron chi connectivity index (χ2n) is 9.29. The van der Waals surface area contributed by atoms with Gasteiger partial charge in [0.2, 0.25) is 5.95 Å². The Kier molecular flexibility index (Phi) is 6.62.